The summed E-state index contributed by atoms with van der Waals surface area (Å²) < 4.78 is 11.1. The normalized spacial score (nSPS) is 21.9. The zero-order valence-electron chi connectivity index (χ0n) is 18.1. The zero-order valence-corrected chi connectivity index (χ0v) is 18.1. The maximum absolute atomic E-state index is 12.7. The molecule has 4 nitrogen and oxygen atoms in total. The molecule has 0 spiro atoms. The first-order chi connectivity index (χ1) is 12.9. The SMILES string of the molecule is CCCCC(C)COC(=O)C1CC=C(C)CC1C(=O)OCC(C)CCCC. The van der Waals surface area contributed by atoms with Crippen LogP contribution in [0.4, 0.5) is 0 Å². The van der Waals surface area contributed by atoms with Crippen molar-refractivity contribution in [2.24, 2.45) is 23.7 Å². The molecule has 0 bridgehead atoms. The van der Waals surface area contributed by atoms with E-state index in [1.54, 1.807) is 0 Å². The molecule has 0 aromatic heterocycles. The largest absolute Gasteiger partial charge is 0.465 e. The van der Waals surface area contributed by atoms with Crippen LogP contribution < -0.4 is 0 Å². The highest BCUT2D eigenvalue weighted by Crippen LogP contribution is 2.32. The Morgan fingerprint density at radius 1 is 0.963 bits per heavy atom. The van der Waals surface area contributed by atoms with Gasteiger partial charge in [-0.25, -0.2) is 0 Å². The van der Waals surface area contributed by atoms with E-state index in [0.717, 1.165) is 44.1 Å². The molecule has 0 saturated heterocycles. The highest BCUT2D eigenvalue weighted by molar-refractivity contribution is 5.83. The van der Waals surface area contributed by atoms with Gasteiger partial charge in [-0.15, -0.1) is 0 Å². The van der Waals surface area contributed by atoms with E-state index >= 15 is 0 Å². The van der Waals surface area contributed by atoms with E-state index < -0.39 is 11.8 Å². The van der Waals surface area contributed by atoms with Crippen molar-refractivity contribution in [3.8, 4) is 0 Å². The fourth-order valence-corrected chi connectivity index (χ4v) is 3.51. The van der Waals surface area contributed by atoms with Crippen molar-refractivity contribution in [2.75, 3.05) is 13.2 Å². The van der Waals surface area contributed by atoms with Crippen LogP contribution in [0.2, 0.25) is 0 Å². The first kappa shape index (κ1) is 23.7. The number of rotatable bonds is 12. The summed E-state index contributed by atoms with van der Waals surface area (Å²) in [5, 5.41) is 0. The van der Waals surface area contributed by atoms with Gasteiger partial charge < -0.3 is 9.47 Å². The molecule has 4 atom stereocenters. The van der Waals surface area contributed by atoms with Crippen LogP contribution in [0.1, 0.15) is 86.0 Å². The van der Waals surface area contributed by atoms with Gasteiger partial charge in [0.15, 0.2) is 0 Å². The number of esters is 2. The van der Waals surface area contributed by atoms with Gasteiger partial charge in [-0.3, -0.25) is 9.59 Å². The third-order valence-electron chi connectivity index (χ3n) is 5.47. The van der Waals surface area contributed by atoms with E-state index in [0.29, 0.717) is 37.9 Å². The van der Waals surface area contributed by atoms with Gasteiger partial charge in [0.2, 0.25) is 0 Å². The zero-order chi connectivity index (χ0) is 20.2. The smallest absolute Gasteiger partial charge is 0.310 e. The Hall–Kier alpha value is -1.32. The Morgan fingerprint density at radius 2 is 1.44 bits per heavy atom. The first-order valence-corrected chi connectivity index (χ1v) is 10.9. The van der Waals surface area contributed by atoms with Gasteiger partial charge in [0, 0.05) is 0 Å². The highest BCUT2D eigenvalue weighted by Gasteiger charge is 2.37. The van der Waals surface area contributed by atoms with Crippen LogP contribution in [-0.2, 0) is 19.1 Å². The molecule has 0 saturated carbocycles. The molecular weight excluding hydrogens is 340 g/mol. The second-order valence-electron chi connectivity index (χ2n) is 8.46. The minimum absolute atomic E-state index is 0.244. The molecule has 0 heterocycles. The van der Waals surface area contributed by atoms with Gasteiger partial charge in [0.1, 0.15) is 0 Å². The number of unbranched alkanes of at least 4 members (excludes halogenated alkanes) is 2. The summed E-state index contributed by atoms with van der Waals surface area (Å²) >= 11 is 0. The summed E-state index contributed by atoms with van der Waals surface area (Å²) in [5.41, 5.74) is 1.15. The molecule has 0 N–H and O–H groups in total. The monoisotopic (exact) mass is 380 g/mol. The summed E-state index contributed by atoms with van der Waals surface area (Å²) in [4.78, 5) is 25.3. The predicted octanol–water partition coefficient (Wildman–Crippen LogP) is 5.70. The average Bonchev–Trinajstić information content (AvgIpc) is 2.66. The summed E-state index contributed by atoms with van der Waals surface area (Å²) in [6.45, 7) is 11.4. The summed E-state index contributed by atoms with van der Waals surface area (Å²) in [6, 6.07) is 0. The van der Waals surface area contributed by atoms with Gasteiger partial charge in [0.05, 0.1) is 25.0 Å². The van der Waals surface area contributed by atoms with Crippen molar-refractivity contribution in [1.82, 2.24) is 0 Å². The molecule has 4 unspecified atom stereocenters. The summed E-state index contributed by atoms with van der Waals surface area (Å²) in [6.07, 6.45) is 9.94. The molecule has 0 aliphatic heterocycles. The van der Waals surface area contributed by atoms with Gasteiger partial charge in [-0.1, -0.05) is 65.0 Å². The second kappa shape index (κ2) is 13.0. The predicted molar refractivity (Wildman–Crippen MR) is 109 cm³/mol. The quantitative estimate of drug-likeness (QED) is 0.322. The van der Waals surface area contributed by atoms with Crippen LogP contribution in [0, 0.1) is 23.7 Å². The highest BCUT2D eigenvalue weighted by atomic mass is 16.5. The fourth-order valence-electron chi connectivity index (χ4n) is 3.51. The van der Waals surface area contributed by atoms with Crippen LogP contribution in [0.3, 0.4) is 0 Å². The van der Waals surface area contributed by atoms with Crippen molar-refractivity contribution >= 4 is 11.9 Å². The lowest BCUT2D eigenvalue weighted by Gasteiger charge is -2.28. The van der Waals surface area contributed by atoms with E-state index in [1.807, 2.05) is 6.92 Å². The third-order valence-corrected chi connectivity index (χ3v) is 5.47. The molecule has 0 radical (unpaired) electrons. The molecular formula is C23H40O4. The van der Waals surface area contributed by atoms with Crippen molar-refractivity contribution in [2.45, 2.75) is 86.0 Å². The minimum Gasteiger partial charge on any atom is -0.465 e. The lowest BCUT2D eigenvalue weighted by Crippen LogP contribution is -2.35. The van der Waals surface area contributed by atoms with Crippen LogP contribution in [-0.4, -0.2) is 25.2 Å². The molecule has 1 aliphatic carbocycles. The lowest BCUT2D eigenvalue weighted by molar-refractivity contribution is -0.162. The minimum atomic E-state index is -0.412. The van der Waals surface area contributed by atoms with Crippen LogP contribution in [0.25, 0.3) is 0 Å². The molecule has 0 amide bonds. The van der Waals surface area contributed by atoms with E-state index in [-0.39, 0.29) is 11.9 Å². The molecule has 156 valence electrons. The van der Waals surface area contributed by atoms with Crippen LogP contribution in [0.15, 0.2) is 11.6 Å². The number of allylic oxidation sites excluding steroid dienone is 2. The Morgan fingerprint density at radius 3 is 1.93 bits per heavy atom. The van der Waals surface area contributed by atoms with Gasteiger partial charge in [0.25, 0.3) is 0 Å². The molecule has 0 fully saturated rings. The number of carbonyl (C=O) groups is 2. The van der Waals surface area contributed by atoms with Crippen molar-refractivity contribution in [1.29, 1.82) is 0 Å². The van der Waals surface area contributed by atoms with E-state index in [2.05, 4.69) is 33.8 Å². The van der Waals surface area contributed by atoms with E-state index in [9.17, 15) is 9.59 Å². The number of ether oxygens (including phenoxy) is 2. The Labute approximate surface area is 166 Å². The van der Waals surface area contributed by atoms with Gasteiger partial charge in [-0.05, 0) is 44.4 Å². The topological polar surface area (TPSA) is 52.6 Å². The van der Waals surface area contributed by atoms with Crippen molar-refractivity contribution < 1.29 is 19.1 Å². The molecule has 1 aliphatic rings. The van der Waals surface area contributed by atoms with Crippen LogP contribution in [0.5, 0.6) is 0 Å². The van der Waals surface area contributed by atoms with Crippen molar-refractivity contribution in [3.05, 3.63) is 11.6 Å². The van der Waals surface area contributed by atoms with Gasteiger partial charge in [-0.2, -0.15) is 0 Å². The Balaban J connectivity index is 2.57. The maximum atomic E-state index is 12.7. The number of carbonyl (C=O) groups excluding carboxylic acids is 2. The number of hydrogen-bond acceptors (Lipinski definition) is 4. The molecule has 4 heteroatoms. The van der Waals surface area contributed by atoms with Crippen molar-refractivity contribution in [3.63, 3.8) is 0 Å². The molecule has 0 aromatic carbocycles. The van der Waals surface area contributed by atoms with E-state index in [4.69, 9.17) is 9.47 Å². The van der Waals surface area contributed by atoms with Crippen LogP contribution >= 0.6 is 0 Å². The average molecular weight is 381 g/mol. The fraction of sp³-hybridized carbons (Fsp3) is 0.826. The third kappa shape index (κ3) is 8.94. The standard InChI is InChI=1S/C23H40O4/c1-6-8-10-18(4)15-26-22(24)20-13-12-17(3)14-21(20)23(25)27-16-19(5)11-9-7-2/h12,18-21H,6-11,13-16H2,1-5H3. The van der Waals surface area contributed by atoms with E-state index in [1.165, 1.54) is 0 Å². The Bertz CT molecular complexity index is 483. The lowest BCUT2D eigenvalue weighted by atomic mass is 9.80. The molecule has 27 heavy (non-hydrogen) atoms. The summed E-state index contributed by atoms with van der Waals surface area (Å²) in [7, 11) is 0. The Kier molecular flexibility index (Phi) is 11.4. The number of hydrogen-bond donors (Lipinski definition) is 0. The van der Waals surface area contributed by atoms with Gasteiger partial charge >= 0.3 is 11.9 Å². The maximum Gasteiger partial charge on any atom is 0.310 e. The first-order valence-electron chi connectivity index (χ1n) is 10.9. The molecule has 1 rings (SSSR count). The summed E-state index contributed by atoms with van der Waals surface area (Å²) in [5.74, 6) is -0.592. The molecule has 0 aromatic rings. The second-order valence-corrected chi connectivity index (χ2v) is 8.46.